The Morgan fingerprint density at radius 3 is 2.11 bits per heavy atom. The maximum Gasteiger partial charge on any atom is 0.257 e. The van der Waals surface area contributed by atoms with Gasteiger partial charge in [-0.15, -0.1) is 4.83 Å². The van der Waals surface area contributed by atoms with Gasteiger partial charge in [0.2, 0.25) is 0 Å². The van der Waals surface area contributed by atoms with Crippen LogP contribution in [0.25, 0.3) is 0 Å². The van der Waals surface area contributed by atoms with Crippen LogP contribution in [-0.2, 0) is 10.0 Å². The Labute approximate surface area is 117 Å². The number of aryl methyl sites for hydroxylation is 1. The van der Waals surface area contributed by atoms with Gasteiger partial charge in [0.05, 0.1) is 4.90 Å². The Morgan fingerprint density at radius 2 is 1.53 bits per heavy atom. The van der Waals surface area contributed by atoms with E-state index in [1.807, 2.05) is 19.1 Å². The number of nitrogens with one attached hydrogen (secondary N) is 2. The molecule has 2 rings (SSSR count). The van der Waals surface area contributed by atoms with Crippen molar-refractivity contribution in [1.29, 1.82) is 0 Å². The fourth-order valence-electron chi connectivity index (χ4n) is 1.44. The molecule has 0 bridgehead atoms. The van der Waals surface area contributed by atoms with Crippen LogP contribution in [0.4, 0.5) is 5.69 Å². The third-order valence-corrected chi connectivity index (χ3v) is 4.02. The number of sulfonamides is 1. The van der Waals surface area contributed by atoms with E-state index in [9.17, 15) is 8.42 Å². The van der Waals surface area contributed by atoms with Crippen LogP contribution in [0.2, 0.25) is 5.02 Å². The lowest BCUT2D eigenvalue weighted by Crippen LogP contribution is -2.29. The van der Waals surface area contributed by atoms with E-state index in [-0.39, 0.29) is 4.90 Å². The summed E-state index contributed by atoms with van der Waals surface area (Å²) in [7, 11) is -3.61. The maximum absolute atomic E-state index is 12.0. The third kappa shape index (κ3) is 3.70. The summed E-state index contributed by atoms with van der Waals surface area (Å²) in [6.45, 7) is 1.96. The third-order valence-electron chi connectivity index (χ3n) is 2.51. The summed E-state index contributed by atoms with van der Waals surface area (Å²) in [5.41, 5.74) is 4.43. The SMILES string of the molecule is Cc1ccc(NNS(=O)(=O)c2ccc(Cl)cc2)cc1. The zero-order valence-electron chi connectivity index (χ0n) is 10.2. The molecule has 0 fully saturated rings. The number of rotatable bonds is 4. The predicted molar refractivity (Wildman–Crippen MR) is 76.6 cm³/mol. The molecule has 0 unspecified atom stereocenters. The van der Waals surface area contributed by atoms with Crippen molar-refractivity contribution in [2.75, 3.05) is 5.43 Å². The van der Waals surface area contributed by atoms with Gasteiger partial charge in [0.15, 0.2) is 0 Å². The van der Waals surface area contributed by atoms with Gasteiger partial charge in [0.1, 0.15) is 0 Å². The van der Waals surface area contributed by atoms with E-state index in [1.54, 1.807) is 12.1 Å². The molecular formula is C13H13ClN2O2S. The average Bonchev–Trinajstić information content (AvgIpc) is 2.39. The first kappa shape index (κ1) is 13.9. The van der Waals surface area contributed by atoms with Crippen molar-refractivity contribution in [2.45, 2.75) is 11.8 Å². The molecule has 0 amide bonds. The predicted octanol–water partition coefficient (Wildman–Crippen LogP) is 2.95. The average molecular weight is 297 g/mol. The molecule has 2 N–H and O–H groups in total. The fourth-order valence-corrected chi connectivity index (χ4v) is 2.43. The lowest BCUT2D eigenvalue weighted by atomic mass is 10.2. The van der Waals surface area contributed by atoms with Crippen LogP contribution in [0, 0.1) is 6.92 Å². The first-order valence-corrected chi connectivity index (χ1v) is 7.43. The summed E-state index contributed by atoms with van der Waals surface area (Å²) in [6, 6.07) is 13.3. The van der Waals surface area contributed by atoms with Gasteiger partial charge in [-0.1, -0.05) is 29.3 Å². The molecule has 0 aliphatic carbocycles. The van der Waals surface area contributed by atoms with Crippen LogP contribution in [0.15, 0.2) is 53.4 Å². The van der Waals surface area contributed by atoms with Gasteiger partial charge in [-0.05, 0) is 43.3 Å². The monoisotopic (exact) mass is 296 g/mol. The van der Waals surface area contributed by atoms with Crippen molar-refractivity contribution >= 4 is 27.3 Å². The van der Waals surface area contributed by atoms with Crippen molar-refractivity contribution in [1.82, 2.24) is 4.83 Å². The van der Waals surface area contributed by atoms with Gasteiger partial charge in [-0.2, -0.15) is 0 Å². The van der Waals surface area contributed by atoms with Crippen molar-refractivity contribution < 1.29 is 8.42 Å². The molecule has 0 aliphatic heterocycles. The van der Waals surface area contributed by atoms with E-state index >= 15 is 0 Å². The van der Waals surface area contributed by atoms with E-state index in [2.05, 4.69) is 10.3 Å². The molecule has 0 saturated carbocycles. The Morgan fingerprint density at radius 1 is 0.947 bits per heavy atom. The molecule has 4 nitrogen and oxygen atoms in total. The van der Waals surface area contributed by atoms with Crippen molar-refractivity contribution in [3.05, 3.63) is 59.1 Å². The number of hydrogen-bond donors (Lipinski definition) is 2. The fraction of sp³-hybridized carbons (Fsp3) is 0.0769. The van der Waals surface area contributed by atoms with Crippen molar-refractivity contribution in [3.63, 3.8) is 0 Å². The number of halogens is 1. The molecule has 0 saturated heterocycles. The lowest BCUT2D eigenvalue weighted by molar-refractivity contribution is 0.588. The quantitative estimate of drug-likeness (QED) is 0.853. The Kier molecular flexibility index (Phi) is 4.09. The molecule has 0 heterocycles. The van der Waals surface area contributed by atoms with Crippen LogP contribution in [0.1, 0.15) is 5.56 Å². The number of hydrogen-bond acceptors (Lipinski definition) is 3. The van der Waals surface area contributed by atoms with Gasteiger partial charge in [0.25, 0.3) is 10.0 Å². The molecule has 100 valence electrons. The normalized spacial score (nSPS) is 11.3. The van der Waals surface area contributed by atoms with Gasteiger partial charge in [0, 0.05) is 10.7 Å². The minimum atomic E-state index is -3.61. The van der Waals surface area contributed by atoms with E-state index in [0.717, 1.165) is 5.56 Å². The molecule has 2 aromatic carbocycles. The highest BCUT2D eigenvalue weighted by atomic mass is 35.5. The zero-order valence-corrected chi connectivity index (χ0v) is 11.8. The summed E-state index contributed by atoms with van der Waals surface area (Å²) in [5, 5.41) is 0.491. The number of hydrazine groups is 1. The van der Waals surface area contributed by atoms with Gasteiger partial charge in [-0.3, -0.25) is 0 Å². The highest BCUT2D eigenvalue weighted by molar-refractivity contribution is 7.89. The summed E-state index contributed by atoms with van der Waals surface area (Å²) in [4.78, 5) is 2.46. The first-order chi connectivity index (χ1) is 8.97. The van der Waals surface area contributed by atoms with Gasteiger partial charge >= 0.3 is 0 Å². The molecule has 0 spiro atoms. The second kappa shape index (κ2) is 5.61. The summed E-state index contributed by atoms with van der Waals surface area (Å²) in [6.07, 6.45) is 0. The van der Waals surface area contributed by atoms with E-state index in [1.165, 1.54) is 24.3 Å². The van der Waals surface area contributed by atoms with Crippen LogP contribution >= 0.6 is 11.6 Å². The molecule has 19 heavy (non-hydrogen) atoms. The van der Waals surface area contributed by atoms with Crippen molar-refractivity contribution in [3.8, 4) is 0 Å². The first-order valence-electron chi connectivity index (χ1n) is 5.57. The standard InChI is InChI=1S/C13H13ClN2O2S/c1-10-2-6-12(7-3-10)15-16-19(17,18)13-8-4-11(14)5-9-13/h2-9,15-16H,1H3. The summed E-state index contributed by atoms with van der Waals surface area (Å²) >= 11 is 5.72. The second-order valence-corrected chi connectivity index (χ2v) is 6.17. The number of anilines is 1. The lowest BCUT2D eigenvalue weighted by Gasteiger charge is -2.09. The highest BCUT2D eigenvalue weighted by Gasteiger charge is 2.12. The zero-order chi connectivity index (χ0) is 13.9. The molecule has 6 heteroatoms. The largest absolute Gasteiger partial charge is 0.308 e. The minimum Gasteiger partial charge on any atom is -0.308 e. The van der Waals surface area contributed by atoms with Gasteiger partial charge < -0.3 is 5.43 Å². The van der Waals surface area contributed by atoms with E-state index < -0.39 is 10.0 Å². The van der Waals surface area contributed by atoms with Gasteiger partial charge in [-0.25, -0.2) is 8.42 Å². The topological polar surface area (TPSA) is 58.2 Å². The summed E-state index contributed by atoms with van der Waals surface area (Å²) in [5.74, 6) is 0. The van der Waals surface area contributed by atoms with E-state index in [4.69, 9.17) is 11.6 Å². The van der Waals surface area contributed by atoms with Crippen LogP contribution in [-0.4, -0.2) is 8.42 Å². The molecule has 0 radical (unpaired) electrons. The maximum atomic E-state index is 12.0. The van der Waals surface area contributed by atoms with Crippen molar-refractivity contribution in [2.24, 2.45) is 0 Å². The van der Waals surface area contributed by atoms with E-state index in [0.29, 0.717) is 10.7 Å². The smallest absolute Gasteiger partial charge is 0.257 e. The van der Waals surface area contributed by atoms with Crippen LogP contribution in [0.3, 0.4) is 0 Å². The highest BCUT2D eigenvalue weighted by Crippen LogP contribution is 2.14. The number of benzene rings is 2. The molecule has 0 aliphatic rings. The van der Waals surface area contributed by atoms with Crippen LogP contribution < -0.4 is 10.3 Å². The Hall–Kier alpha value is -1.56. The molecule has 2 aromatic rings. The minimum absolute atomic E-state index is 0.150. The van der Waals surface area contributed by atoms with Crippen LogP contribution in [0.5, 0.6) is 0 Å². The molecule has 0 atom stereocenters. The summed E-state index contributed by atoms with van der Waals surface area (Å²) < 4.78 is 23.9. The Balaban J connectivity index is 2.09. The molecular weight excluding hydrogens is 284 g/mol. The molecule has 0 aromatic heterocycles. The second-order valence-electron chi connectivity index (χ2n) is 4.05. The Bertz CT molecular complexity index is 652.